The van der Waals surface area contributed by atoms with E-state index in [9.17, 15) is 4.79 Å². The Kier molecular flexibility index (Phi) is 5.39. The first-order chi connectivity index (χ1) is 13.6. The lowest BCUT2D eigenvalue weighted by Crippen LogP contribution is -2.40. The molecule has 1 fully saturated rings. The van der Waals surface area contributed by atoms with Crippen LogP contribution in [0.4, 0.5) is 10.5 Å². The first-order valence-corrected chi connectivity index (χ1v) is 9.94. The minimum atomic E-state index is -0.0704. The molecule has 0 bridgehead atoms. The normalized spacial score (nSPS) is 15.0. The molecule has 2 N–H and O–H groups in total. The predicted molar refractivity (Wildman–Crippen MR) is 111 cm³/mol. The van der Waals surface area contributed by atoms with Crippen LogP contribution in [0, 0.1) is 0 Å². The number of amides is 2. The van der Waals surface area contributed by atoms with Gasteiger partial charge >= 0.3 is 6.03 Å². The van der Waals surface area contributed by atoms with Gasteiger partial charge in [0.25, 0.3) is 0 Å². The molecule has 1 aliphatic heterocycles. The van der Waals surface area contributed by atoms with E-state index in [0.29, 0.717) is 30.6 Å². The number of hydrogen-bond acceptors (Lipinski definition) is 3. The van der Waals surface area contributed by atoms with Crippen molar-refractivity contribution < 1.29 is 9.53 Å². The zero-order valence-electron chi connectivity index (χ0n) is 15.7. The summed E-state index contributed by atoms with van der Waals surface area (Å²) < 4.78 is 5.42. The molecule has 0 unspecified atom stereocenters. The molecule has 0 saturated carbocycles. The van der Waals surface area contributed by atoms with Crippen LogP contribution in [0.15, 0.2) is 42.5 Å². The number of fused-ring (bicyclic) bond motifs is 1. The van der Waals surface area contributed by atoms with Gasteiger partial charge in [-0.15, -0.1) is 0 Å². The summed E-state index contributed by atoms with van der Waals surface area (Å²) in [4.78, 5) is 22.5. The Balaban J connectivity index is 1.34. The number of nitrogens with one attached hydrogen (secondary N) is 2. The summed E-state index contributed by atoms with van der Waals surface area (Å²) in [5, 5.41) is 3.65. The summed E-state index contributed by atoms with van der Waals surface area (Å²) in [6.07, 6.45) is 1.76. The highest BCUT2D eigenvalue weighted by Gasteiger charge is 2.25. The Labute approximate surface area is 168 Å². The average molecular weight is 399 g/mol. The van der Waals surface area contributed by atoms with E-state index in [4.69, 9.17) is 21.3 Å². The van der Waals surface area contributed by atoms with Gasteiger partial charge in [-0.3, -0.25) is 0 Å². The lowest BCUT2D eigenvalue weighted by molar-refractivity contribution is 0.193. The third-order valence-electron chi connectivity index (χ3n) is 5.05. The topological polar surface area (TPSA) is 70.2 Å². The Morgan fingerprint density at radius 1 is 1.25 bits per heavy atom. The van der Waals surface area contributed by atoms with Gasteiger partial charge in [0, 0.05) is 29.7 Å². The van der Waals surface area contributed by atoms with E-state index < -0.39 is 0 Å². The van der Waals surface area contributed by atoms with Gasteiger partial charge in [-0.25, -0.2) is 9.78 Å². The van der Waals surface area contributed by atoms with Crippen LogP contribution in [0.1, 0.15) is 31.5 Å². The minimum Gasteiger partial charge on any atom is -0.494 e. The summed E-state index contributed by atoms with van der Waals surface area (Å²) in [7, 11) is 0. The molecule has 2 heterocycles. The van der Waals surface area contributed by atoms with Crippen molar-refractivity contribution in [3.05, 3.63) is 53.3 Å². The first kappa shape index (κ1) is 18.6. The molecular weight excluding hydrogens is 376 g/mol. The van der Waals surface area contributed by atoms with Gasteiger partial charge in [-0.2, -0.15) is 0 Å². The first-order valence-electron chi connectivity index (χ1n) is 9.56. The molecule has 3 aromatic rings. The van der Waals surface area contributed by atoms with E-state index in [1.807, 2.05) is 54.3 Å². The standard InChI is InChI=1S/C21H23ClN4O2/c1-2-28-17-6-4-16(5-7-17)23-21(27)26-11-9-14(10-12-26)20-24-18-8-3-15(22)13-19(18)25-20/h3-8,13-14H,2,9-12H2,1H3,(H,23,27)(H,24,25). The number of imidazole rings is 1. The largest absolute Gasteiger partial charge is 0.494 e. The van der Waals surface area contributed by atoms with Gasteiger partial charge in [0.05, 0.1) is 17.6 Å². The molecule has 2 amide bonds. The van der Waals surface area contributed by atoms with Gasteiger partial charge in [-0.05, 0) is 62.2 Å². The van der Waals surface area contributed by atoms with Gasteiger partial charge in [0.1, 0.15) is 11.6 Å². The molecule has 7 heteroatoms. The number of aromatic amines is 1. The molecule has 1 aromatic heterocycles. The van der Waals surface area contributed by atoms with Gasteiger partial charge in [0.2, 0.25) is 0 Å². The van der Waals surface area contributed by atoms with Crippen molar-refractivity contribution in [1.29, 1.82) is 0 Å². The number of rotatable bonds is 4. The van der Waals surface area contributed by atoms with Crippen molar-refractivity contribution in [1.82, 2.24) is 14.9 Å². The molecule has 2 aromatic carbocycles. The lowest BCUT2D eigenvalue weighted by Gasteiger charge is -2.31. The van der Waals surface area contributed by atoms with Gasteiger partial charge in [0.15, 0.2) is 0 Å². The number of nitrogens with zero attached hydrogens (tertiary/aromatic N) is 2. The minimum absolute atomic E-state index is 0.0704. The van der Waals surface area contributed by atoms with E-state index in [2.05, 4.69) is 10.3 Å². The fraction of sp³-hybridized carbons (Fsp3) is 0.333. The maximum absolute atomic E-state index is 12.5. The Morgan fingerprint density at radius 3 is 2.71 bits per heavy atom. The summed E-state index contributed by atoms with van der Waals surface area (Å²) in [5.41, 5.74) is 2.65. The van der Waals surface area contributed by atoms with Crippen LogP contribution >= 0.6 is 11.6 Å². The van der Waals surface area contributed by atoms with Gasteiger partial charge in [-0.1, -0.05) is 11.6 Å². The molecule has 0 atom stereocenters. The van der Waals surface area contributed by atoms with Crippen LogP contribution in [-0.4, -0.2) is 40.6 Å². The molecule has 6 nitrogen and oxygen atoms in total. The summed E-state index contributed by atoms with van der Waals surface area (Å²) >= 11 is 6.05. The lowest BCUT2D eigenvalue weighted by atomic mass is 9.96. The monoisotopic (exact) mass is 398 g/mol. The molecule has 0 spiro atoms. The van der Waals surface area contributed by atoms with E-state index in [0.717, 1.165) is 41.1 Å². The predicted octanol–water partition coefficient (Wildman–Crippen LogP) is 5.03. The molecule has 0 aliphatic carbocycles. The molecule has 146 valence electrons. The van der Waals surface area contributed by atoms with E-state index in [-0.39, 0.29) is 6.03 Å². The van der Waals surface area contributed by atoms with E-state index in [1.165, 1.54) is 0 Å². The van der Waals surface area contributed by atoms with Crippen molar-refractivity contribution in [2.45, 2.75) is 25.7 Å². The van der Waals surface area contributed by atoms with Crippen LogP contribution in [-0.2, 0) is 0 Å². The number of piperidine rings is 1. The number of hydrogen-bond donors (Lipinski definition) is 2. The number of halogens is 1. The molecule has 1 aliphatic rings. The van der Waals surface area contributed by atoms with Crippen LogP contribution in [0.2, 0.25) is 5.02 Å². The van der Waals surface area contributed by atoms with Crippen molar-refractivity contribution in [2.75, 3.05) is 25.0 Å². The van der Waals surface area contributed by atoms with Crippen LogP contribution in [0.3, 0.4) is 0 Å². The Morgan fingerprint density at radius 2 is 2.00 bits per heavy atom. The Bertz CT molecular complexity index is 962. The molecule has 0 radical (unpaired) electrons. The van der Waals surface area contributed by atoms with Crippen LogP contribution < -0.4 is 10.1 Å². The van der Waals surface area contributed by atoms with E-state index >= 15 is 0 Å². The zero-order valence-corrected chi connectivity index (χ0v) is 16.5. The third kappa shape index (κ3) is 4.07. The summed E-state index contributed by atoms with van der Waals surface area (Å²) in [6, 6.07) is 13.0. The number of H-pyrrole nitrogens is 1. The second-order valence-electron chi connectivity index (χ2n) is 6.93. The fourth-order valence-corrected chi connectivity index (χ4v) is 3.73. The number of benzene rings is 2. The SMILES string of the molecule is CCOc1ccc(NC(=O)N2CCC(c3nc4ccc(Cl)cc4[nH]3)CC2)cc1. The smallest absolute Gasteiger partial charge is 0.321 e. The van der Waals surface area contributed by atoms with Crippen molar-refractivity contribution in [3.63, 3.8) is 0 Å². The quantitative estimate of drug-likeness (QED) is 0.647. The van der Waals surface area contributed by atoms with Crippen LogP contribution in [0.25, 0.3) is 11.0 Å². The van der Waals surface area contributed by atoms with Crippen molar-refractivity contribution in [2.24, 2.45) is 0 Å². The highest BCUT2D eigenvalue weighted by molar-refractivity contribution is 6.31. The van der Waals surface area contributed by atoms with Crippen molar-refractivity contribution >= 4 is 34.4 Å². The second-order valence-corrected chi connectivity index (χ2v) is 7.37. The van der Waals surface area contributed by atoms with Crippen LogP contribution in [0.5, 0.6) is 5.75 Å². The average Bonchev–Trinajstić information content (AvgIpc) is 3.13. The summed E-state index contributed by atoms with van der Waals surface area (Å²) in [5.74, 6) is 2.10. The molecule has 4 rings (SSSR count). The Hall–Kier alpha value is -2.73. The number of carbonyl (C=O) groups is 1. The second kappa shape index (κ2) is 8.10. The fourth-order valence-electron chi connectivity index (χ4n) is 3.55. The maximum atomic E-state index is 12.5. The maximum Gasteiger partial charge on any atom is 0.321 e. The number of ether oxygens (including phenoxy) is 1. The number of anilines is 1. The number of likely N-dealkylation sites (tertiary alicyclic amines) is 1. The number of urea groups is 1. The molecule has 1 saturated heterocycles. The summed E-state index contributed by atoms with van der Waals surface area (Å²) in [6.45, 7) is 3.97. The molecular formula is C21H23ClN4O2. The highest BCUT2D eigenvalue weighted by atomic mass is 35.5. The number of carbonyl (C=O) groups excluding carboxylic acids is 1. The molecule has 28 heavy (non-hydrogen) atoms. The highest BCUT2D eigenvalue weighted by Crippen LogP contribution is 2.29. The third-order valence-corrected chi connectivity index (χ3v) is 5.28. The zero-order chi connectivity index (χ0) is 19.5. The van der Waals surface area contributed by atoms with E-state index in [1.54, 1.807) is 0 Å². The number of aromatic nitrogens is 2. The van der Waals surface area contributed by atoms with Gasteiger partial charge < -0.3 is 19.9 Å². The van der Waals surface area contributed by atoms with Crippen molar-refractivity contribution in [3.8, 4) is 5.75 Å².